The van der Waals surface area contributed by atoms with Gasteiger partial charge in [-0.3, -0.25) is 4.90 Å². The molecule has 0 radical (unpaired) electrons. The lowest BCUT2D eigenvalue weighted by Gasteiger charge is -2.34. The van der Waals surface area contributed by atoms with Gasteiger partial charge in [-0.1, -0.05) is 13.8 Å². The van der Waals surface area contributed by atoms with Crippen LogP contribution in [0.1, 0.15) is 38.1 Å². The number of halogens is 1. The average molecular weight is 305 g/mol. The van der Waals surface area contributed by atoms with Gasteiger partial charge < -0.3 is 5.73 Å². The largest absolute Gasteiger partial charge is 0.329 e. The molecule has 0 saturated carbocycles. The molecule has 1 aromatic heterocycles. The molecule has 1 heterocycles. The van der Waals surface area contributed by atoms with Crippen LogP contribution >= 0.6 is 27.3 Å². The highest BCUT2D eigenvalue weighted by Crippen LogP contribution is 2.30. The molecule has 2 nitrogen and oxygen atoms in total. The van der Waals surface area contributed by atoms with Gasteiger partial charge in [0.15, 0.2) is 0 Å². The standard InChI is InChI=1S/C12H21BrN2S/c1-4-9(3)15(5-2)11(7-14)12-6-10(13)8-16-12/h6,8-9,11H,4-5,7,14H2,1-3H3. The van der Waals surface area contributed by atoms with Gasteiger partial charge in [-0.2, -0.15) is 0 Å². The maximum Gasteiger partial charge on any atom is 0.0566 e. The molecule has 0 aliphatic carbocycles. The van der Waals surface area contributed by atoms with Crippen LogP contribution in [0.2, 0.25) is 0 Å². The summed E-state index contributed by atoms with van der Waals surface area (Å²) in [6.07, 6.45) is 1.16. The van der Waals surface area contributed by atoms with Crippen molar-refractivity contribution in [1.29, 1.82) is 0 Å². The number of hydrogen-bond donors (Lipinski definition) is 1. The average Bonchev–Trinajstić information content (AvgIpc) is 2.71. The monoisotopic (exact) mass is 304 g/mol. The quantitative estimate of drug-likeness (QED) is 0.869. The first-order valence-corrected chi connectivity index (χ1v) is 7.51. The molecule has 0 amide bonds. The van der Waals surface area contributed by atoms with Gasteiger partial charge in [0.05, 0.1) is 6.04 Å². The van der Waals surface area contributed by atoms with Crippen molar-refractivity contribution in [2.24, 2.45) is 5.73 Å². The number of nitrogens with two attached hydrogens (primary N) is 1. The Balaban J connectivity index is 2.87. The van der Waals surface area contributed by atoms with Crippen LogP contribution in [0.15, 0.2) is 15.9 Å². The zero-order valence-corrected chi connectivity index (χ0v) is 12.6. The van der Waals surface area contributed by atoms with E-state index in [0.717, 1.165) is 17.4 Å². The van der Waals surface area contributed by atoms with Gasteiger partial charge in [0, 0.05) is 27.3 Å². The second-order valence-electron chi connectivity index (χ2n) is 4.01. The molecule has 1 rings (SSSR count). The Bertz CT molecular complexity index is 314. The minimum absolute atomic E-state index is 0.358. The third-order valence-electron chi connectivity index (χ3n) is 3.06. The molecular weight excluding hydrogens is 284 g/mol. The normalized spacial score (nSPS) is 15.4. The van der Waals surface area contributed by atoms with Crippen LogP contribution in [0.5, 0.6) is 0 Å². The highest BCUT2D eigenvalue weighted by Gasteiger charge is 2.22. The smallest absolute Gasteiger partial charge is 0.0566 e. The van der Waals surface area contributed by atoms with E-state index in [1.165, 1.54) is 4.88 Å². The molecular formula is C12H21BrN2S. The summed E-state index contributed by atoms with van der Waals surface area (Å²) in [5.74, 6) is 0. The third kappa shape index (κ3) is 3.29. The van der Waals surface area contributed by atoms with Crippen molar-refractivity contribution in [3.63, 3.8) is 0 Å². The SMILES string of the molecule is CCC(C)N(CC)C(CN)c1cc(Br)cs1. The maximum atomic E-state index is 5.93. The van der Waals surface area contributed by atoms with Crippen LogP contribution in [0.4, 0.5) is 0 Å². The van der Waals surface area contributed by atoms with Crippen molar-refractivity contribution in [1.82, 2.24) is 4.90 Å². The first-order valence-electron chi connectivity index (χ1n) is 5.83. The van der Waals surface area contributed by atoms with E-state index < -0.39 is 0 Å². The Morgan fingerprint density at radius 2 is 2.19 bits per heavy atom. The first kappa shape index (κ1) is 14.2. The molecule has 1 aromatic rings. The van der Waals surface area contributed by atoms with E-state index >= 15 is 0 Å². The molecule has 2 N–H and O–H groups in total. The number of thiophene rings is 1. The Morgan fingerprint density at radius 3 is 2.56 bits per heavy atom. The Hall–Kier alpha value is 0.1000. The molecule has 2 unspecified atom stereocenters. The predicted octanol–water partition coefficient (Wildman–Crippen LogP) is 3.63. The van der Waals surface area contributed by atoms with E-state index in [1.54, 1.807) is 11.3 Å². The van der Waals surface area contributed by atoms with Crippen LogP contribution in [-0.2, 0) is 0 Å². The molecule has 0 saturated heterocycles. The van der Waals surface area contributed by atoms with Gasteiger partial charge in [0.1, 0.15) is 0 Å². The fourth-order valence-corrected chi connectivity index (χ4v) is 3.57. The molecule has 0 aromatic carbocycles. The van der Waals surface area contributed by atoms with E-state index in [2.05, 4.69) is 53.0 Å². The predicted molar refractivity (Wildman–Crippen MR) is 75.9 cm³/mol. The molecule has 2 atom stereocenters. The maximum absolute atomic E-state index is 5.93. The number of likely N-dealkylation sites (N-methyl/N-ethyl adjacent to an activating group) is 1. The van der Waals surface area contributed by atoms with E-state index in [9.17, 15) is 0 Å². The summed E-state index contributed by atoms with van der Waals surface area (Å²) in [5, 5.41) is 2.13. The molecule has 0 fully saturated rings. The van der Waals surface area contributed by atoms with E-state index in [1.807, 2.05) is 0 Å². The lowest BCUT2D eigenvalue weighted by molar-refractivity contribution is 0.154. The first-order chi connectivity index (χ1) is 7.63. The molecule has 0 aliphatic rings. The van der Waals surface area contributed by atoms with Crippen LogP contribution in [0.3, 0.4) is 0 Å². The summed E-state index contributed by atoms with van der Waals surface area (Å²) in [6.45, 7) is 8.44. The Labute approximate surface area is 111 Å². The van der Waals surface area contributed by atoms with Crippen molar-refractivity contribution in [2.75, 3.05) is 13.1 Å². The van der Waals surface area contributed by atoms with Gasteiger partial charge in [-0.25, -0.2) is 0 Å². The van der Waals surface area contributed by atoms with Crippen molar-refractivity contribution in [2.45, 2.75) is 39.3 Å². The number of nitrogens with zero attached hydrogens (tertiary/aromatic N) is 1. The molecule has 0 bridgehead atoms. The highest BCUT2D eigenvalue weighted by atomic mass is 79.9. The second-order valence-corrected chi connectivity index (χ2v) is 5.86. The lowest BCUT2D eigenvalue weighted by atomic mass is 10.1. The summed E-state index contributed by atoms with van der Waals surface area (Å²) >= 11 is 5.29. The number of hydrogen-bond acceptors (Lipinski definition) is 3. The van der Waals surface area contributed by atoms with Gasteiger partial charge >= 0.3 is 0 Å². The van der Waals surface area contributed by atoms with Gasteiger partial charge in [0.25, 0.3) is 0 Å². The van der Waals surface area contributed by atoms with Crippen molar-refractivity contribution in [3.8, 4) is 0 Å². The summed E-state index contributed by atoms with van der Waals surface area (Å²) < 4.78 is 1.16. The van der Waals surface area contributed by atoms with Crippen LogP contribution in [-0.4, -0.2) is 24.0 Å². The van der Waals surface area contributed by atoms with Gasteiger partial charge in [-0.15, -0.1) is 11.3 Å². The van der Waals surface area contributed by atoms with Crippen molar-refractivity contribution < 1.29 is 0 Å². The minimum Gasteiger partial charge on any atom is -0.329 e. The molecule has 92 valence electrons. The second kappa shape index (κ2) is 6.74. The van der Waals surface area contributed by atoms with Gasteiger partial charge in [0.2, 0.25) is 0 Å². The molecule has 16 heavy (non-hydrogen) atoms. The molecule has 0 aliphatic heterocycles. The fourth-order valence-electron chi connectivity index (χ4n) is 1.99. The fraction of sp³-hybridized carbons (Fsp3) is 0.667. The summed E-state index contributed by atoms with van der Waals surface area (Å²) in [6, 6.07) is 3.13. The topological polar surface area (TPSA) is 29.3 Å². The van der Waals surface area contributed by atoms with Crippen LogP contribution in [0.25, 0.3) is 0 Å². The summed E-state index contributed by atoms with van der Waals surface area (Å²) in [7, 11) is 0. The Kier molecular flexibility index (Phi) is 5.97. The zero-order chi connectivity index (χ0) is 12.1. The van der Waals surface area contributed by atoms with E-state index in [-0.39, 0.29) is 0 Å². The van der Waals surface area contributed by atoms with E-state index in [0.29, 0.717) is 18.6 Å². The highest BCUT2D eigenvalue weighted by molar-refractivity contribution is 9.10. The zero-order valence-electron chi connectivity index (χ0n) is 10.2. The van der Waals surface area contributed by atoms with Crippen LogP contribution in [0, 0.1) is 0 Å². The molecule has 0 spiro atoms. The summed E-state index contributed by atoms with van der Waals surface area (Å²) in [5.41, 5.74) is 5.93. The van der Waals surface area contributed by atoms with Crippen LogP contribution < -0.4 is 5.73 Å². The Morgan fingerprint density at radius 1 is 1.50 bits per heavy atom. The van der Waals surface area contributed by atoms with Crippen molar-refractivity contribution >= 4 is 27.3 Å². The number of rotatable bonds is 6. The summed E-state index contributed by atoms with van der Waals surface area (Å²) in [4.78, 5) is 3.84. The third-order valence-corrected chi connectivity index (χ3v) is 4.86. The van der Waals surface area contributed by atoms with E-state index in [4.69, 9.17) is 5.73 Å². The molecule has 4 heteroatoms. The van der Waals surface area contributed by atoms with Gasteiger partial charge in [-0.05, 0) is 41.9 Å². The lowest BCUT2D eigenvalue weighted by Crippen LogP contribution is -2.39. The van der Waals surface area contributed by atoms with Crippen molar-refractivity contribution in [3.05, 3.63) is 20.8 Å². The minimum atomic E-state index is 0.358.